The summed E-state index contributed by atoms with van der Waals surface area (Å²) in [7, 11) is 0. The van der Waals surface area contributed by atoms with Crippen LogP contribution in [0.5, 0.6) is 0 Å². The standard InChI is InChI=1S/C8H10N2O3S/c1-4(11)7(13)10-8-5(6(9)12)2-3-14-8/h2-4,11H,1H3,(H2,9,12)(H,10,13). The van der Waals surface area contributed by atoms with Crippen LogP contribution in [0.1, 0.15) is 17.3 Å². The Morgan fingerprint density at radius 2 is 2.29 bits per heavy atom. The van der Waals surface area contributed by atoms with Crippen molar-refractivity contribution in [3.63, 3.8) is 0 Å². The number of nitrogens with one attached hydrogen (secondary N) is 1. The minimum atomic E-state index is -1.11. The number of carbonyl (C=O) groups excluding carboxylic acids is 2. The van der Waals surface area contributed by atoms with Crippen LogP contribution in [0, 0.1) is 0 Å². The highest BCUT2D eigenvalue weighted by Gasteiger charge is 2.14. The van der Waals surface area contributed by atoms with Gasteiger partial charge in [0.2, 0.25) is 0 Å². The van der Waals surface area contributed by atoms with E-state index in [4.69, 9.17) is 10.8 Å². The van der Waals surface area contributed by atoms with Crippen LogP contribution in [0.3, 0.4) is 0 Å². The second-order valence-corrected chi connectivity index (χ2v) is 3.61. The van der Waals surface area contributed by atoms with Gasteiger partial charge in [-0.25, -0.2) is 0 Å². The van der Waals surface area contributed by atoms with E-state index in [2.05, 4.69) is 5.32 Å². The Morgan fingerprint density at radius 1 is 1.64 bits per heavy atom. The van der Waals surface area contributed by atoms with Crippen molar-refractivity contribution < 1.29 is 14.7 Å². The van der Waals surface area contributed by atoms with Gasteiger partial charge in [-0.3, -0.25) is 9.59 Å². The normalized spacial score (nSPS) is 12.1. The zero-order valence-electron chi connectivity index (χ0n) is 7.48. The average Bonchev–Trinajstić information content (AvgIpc) is 2.52. The number of aliphatic hydroxyl groups is 1. The van der Waals surface area contributed by atoms with Gasteiger partial charge in [-0.2, -0.15) is 0 Å². The Bertz CT molecular complexity index is 359. The van der Waals surface area contributed by atoms with Crippen molar-refractivity contribution in [3.8, 4) is 0 Å². The first-order valence-corrected chi connectivity index (χ1v) is 4.76. The van der Waals surface area contributed by atoms with Crippen LogP contribution in [-0.2, 0) is 4.79 Å². The van der Waals surface area contributed by atoms with Gasteiger partial charge in [0.25, 0.3) is 11.8 Å². The van der Waals surface area contributed by atoms with Gasteiger partial charge >= 0.3 is 0 Å². The molecule has 1 heterocycles. The molecular weight excluding hydrogens is 204 g/mol. The molecule has 76 valence electrons. The maximum atomic E-state index is 11.1. The van der Waals surface area contributed by atoms with Crippen molar-refractivity contribution in [2.45, 2.75) is 13.0 Å². The summed E-state index contributed by atoms with van der Waals surface area (Å²) in [6, 6.07) is 1.52. The van der Waals surface area contributed by atoms with Crippen molar-refractivity contribution in [2.75, 3.05) is 5.32 Å². The molecule has 0 saturated carbocycles. The zero-order valence-corrected chi connectivity index (χ0v) is 8.30. The predicted octanol–water partition coefficient (Wildman–Crippen LogP) is 0.166. The van der Waals surface area contributed by atoms with Gasteiger partial charge in [-0.05, 0) is 18.4 Å². The van der Waals surface area contributed by atoms with Gasteiger partial charge in [0, 0.05) is 0 Å². The quantitative estimate of drug-likeness (QED) is 0.669. The maximum absolute atomic E-state index is 11.1. The van der Waals surface area contributed by atoms with Gasteiger partial charge in [-0.1, -0.05) is 0 Å². The molecule has 2 amide bonds. The lowest BCUT2D eigenvalue weighted by Gasteiger charge is -2.05. The second-order valence-electron chi connectivity index (χ2n) is 2.69. The van der Waals surface area contributed by atoms with Gasteiger partial charge in [-0.15, -0.1) is 11.3 Å². The lowest BCUT2D eigenvalue weighted by atomic mass is 10.3. The monoisotopic (exact) mass is 214 g/mol. The lowest BCUT2D eigenvalue weighted by molar-refractivity contribution is -0.123. The van der Waals surface area contributed by atoms with E-state index in [0.29, 0.717) is 5.00 Å². The van der Waals surface area contributed by atoms with E-state index in [1.54, 1.807) is 5.38 Å². The molecule has 1 unspecified atom stereocenters. The molecule has 0 aliphatic rings. The molecular formula is C8H10N2O3S. The van der Waals surface area contributed by atoms with Crippen LogP contribution in [-0.4, -0.2) is 23.0 Å². The van der Waals surface area contributed by atoms with E-state index in [0.717, 1.165) is 0 Å². The summed E-state index contributed by atoms with van der Waals surface area (Å²) >= 11 is 1.18. The third-order valence-electron chi connectivity index (χ3n) is 1.55. The summed E-state index contributed by atoms with van der Waals surface area (Å²) in [5.41, 5.74) is 5.32. The van der Waals surface area contributed by atoms with E-state index in [1.165, 1.54) is 24.3 Å². The minimum Gasteiger partial charge on any atom is -0.384 e. The highest BCUT2D eigenvalue weighted by atomic mass is 32.1. The topological polar surface area (TPSA) is 92.4 Å². The number of hydrogen-bond donors (Lipinski definition) is 3. The fraction of sp³-hybridized carbons (Fsp3) is 0.250. The molecule has 0 aliphatic heterocycles. The maximum Gasteiger partial charge on any atom is 0.253 e. The van der Waals surface area contributed by atoms with Crippen molar-refractivity contribution in [1.82, 2.24) is 0 Å². The van der Waals surface area contributed by atoms with Crippen LogP contribution in [0.2, 0.25) is 0 Å². The molecule has 0 fully saturated rings. The summed E-state index contributed by atoms with van der Waals surface area (Å²) < 4.78 is 0. The minimum absolute atomic E-state index is 0.254. The summed E-state index contributed by atoms with van der Waals surface area (Å²) in [6.45, 7) is 1.34. The van der Waals surface area contributed by atoms with Crippen molar-refractivity contribution in [3.05, 3.63) is 17.0 Å². The average molecular weight is 214 g/mol. The van der Waals surface area contributed by atoms with Crippen molar-refractivity contribution in [2.24, 2.45) is 5.73 Å². The lowest BCUT2D eigenvalue weighted by Crippen LogP contribution is -2.25. The first-order chi connectivity index (χ1) is 6.52. The number of thiophene rings is 1. The number of carbonyl (C=O) groups is 2. The van der Waals surface area contributed by atoms with Crippen molar-refractivity contribution >= 4 is 28.2 Å². The Kier molecular flexibility index (Phi) is 3.21. The fourth-order valence-electron chi connectivity index (χ4n) is 0.816. The fourth-order valence-corrected chi connectivity index (χ4v) is 1.61. The number of anilines is 1. The van der Waals surface area contributed by atoms with E-state index < -0.39 is 17.9 Å². The smallest absolute Gasteiger partial charge is 0.253 e. The molecule has 1 atom stereocenters. The molecule has 0 saturated heterocycles. The molecule has 6 heteroatoms. The van der Waals surface area contributed by atoms with Crippen LogP contribution in [0.25, 0.3) is 0 Å². The largest absolute Gasteiger partial charge is 0.384 e. The molecule has 0 radical (unpaired) electrons. The second kappa shape index (κ2) is 4.21. The van der Waals surface area contributed by atoms with Crippen LogP contribution < -0.4 is 11.1 Å². The molecule has 0 aromatic carbocycles. The molecule has 0 bridgehead atoms. The highest BCUT2D eigenvalue weighted by Crippen LogP contribution is 2.22. The SMILES string of the molecule is CC(O)C(=O)Nc1sccc1C(N)=O. The van der Waals surface area contributed by atoms with Crippen LogP contribution >= 0.6 is 11.3 Å². The highest BCUT2D eigenvalue weighted by molar-refractivity contribution is 7.14. The number of rotatable bonds is 3. The Hall–Kier alpha value is -1.40. The van der Waals surface area contributed by atoms with Crippen LogP contribution in [0.15, 0.2) is 11.4 Å². The molecule has 1 aromatic heterocycles. The molecule has 4 N–H and O–H groups in total. The van der Waals surface area contributed by atoms with Gasteiger partial charge in [0.1, 0.15) is 11.1 Å². The Balaban J connectivity index is 2.82. The summed E-state index contributed by atoms with van der Waals surface area (Å²) in [5.74, 6) is -1.16. The number of hydrogen-bond acceptors (Lipinski definition) is 4. The molecule has 0 spiro atoms. The van der Waals surface area contributed by atoms with E-state index in [-0.39, 0.29) is 5.56 Å². The predicted molar refractivity (Wildman–Crippen MR) is 53.1 cm³/mol. The summed E-state index contributed by atoms with van der Waals surface area (Å²) in [6.07, 6.45) is -1.11. The van der Waals surface area contributed by atoms with Gasteiger partial charge < -0.3 is 16.2 Å². The molecule has 1 rings (SSSR count). The first-order valence-electron chi connectivity index (χ1n) is 3.88. The van der Waals surface area contributed by atoms with E-state index in [1.807, 2.05) is 0 Å². The number of amides is 2. The van der Waals surface area contributed by atoms with Crippen LogP contribution in [0.4, 0.5) is 5.00 Å². The first kappa shape index (κ1) is 10.7. The Labute approximate surface area is 84.5 Å². The van der Waals surface area contributed by atoms with E-state index >= 15 is 0 Å². The summed E-state index contributed by atoms with van der Waals surface area (Å²) in [5, 5.41) is 13.3. The van der Waals surface area contributed by atoms with Gasteiger partial charge in [0.15, 0.2) is 0 Å². The van der Waals surface area contributed by atoms with Gasteiger partial charge in [0.05, 0.1) is 5.56 Å². The zero-order chi connectivity index (χ0) is 10.7. The van der Waals surface area contributed by atoms with Crippen molar-refractivity contribution in [1.29, 1.82) is 0 Å². The Morgan fingerprint density at radius 3 is 2.79 bits per heavy atom. The molecule has 0 aliphatic carbocycles. The molecule has 5 nitrogen and oxygen atoms in total. The molecule has 1 aromatic rings. The van der Waals surface area contributed by atoms with E-state index in [9.17, 15) is 9.59 Å². The number of aliphatic hydroxyl groups excluding tert-OH is 1. The summed E-state index contributed by atoms with van der Waals surface area (Å²) in [4.78, 5) is 21.9. The number of nitrogens with two attached hydrogens (primary N) is 1. The molecule has 14 heavy (non-hydrogen) atoms. The third-order valence-corrected chi connectivity index (χ3v) is 2.38. The number of primary amides is 1. The third kappa shape index (κ3) is 2.30.